The Balaban J connectivity index is 1.42. The average Bonchev–Trinajstić information content (AvgIpc) is 3.17. The Bertz CT molecular complexity index is 676. The van der Waals surface area contributed by atoms with E-state index < -0.39 is 18.0 Å². The van der Waals surface area contributed by atoms with Crippen LogP contribution in [0, 0.1) is 11.8 Å². The average molecular weight is 410 g/mol. The van der Waals surface area contributed by atoms with Crippen LogP contribution in [0.15, 0.2) is 10.6 Å². The molecular weight excluding hydrogens is 378 g/mol. The molecule has 4 aliphatic rings. The van der Waals surface area contributed by atoms with Crippen molar-refractivity contribution in [1.29, 1.82) is 0 Å². The number of aliphatic hydroxyl groups excluding tert-OH is 1. The Morgan fingerprint density at radius 3 is 2.61 bits per heavy atom. The fourth-order valence-electron chi connectivity index (χ4n) is 5.38. The number of aliphatic hydroxyl groups is 1. The number of hydrogen-bond donors (Lipinski definition) is 4. The van der Waals surface area contributed by atoms with Crippen molar-refractivity contribution in [2.24, 2.45) is 11.8 Å². The molecule has 28 heavy (non-hydrogen) atoms. The molecule has 6 atom stereocenters. The first-order valence-electron chi connectivity index (χ1n) is 10.5. The fraction of sp³-hybridized carbons (Fsp3) is 0.800. The van der Waals surface area contributed by atoms with Crippen LogP contribution in [0.4, 0.5) is 0 Å². The molecule has 3 heterocycles. The van der Waals surface area contributed by atoms with Crippen LogP contribution in [0.25, 0.3) is 0 Å². The molecule has 8 heteroatoms. The molecule has 156 valence electrons. The smallest absolute Gasteiger partial charge is 0.353 e. The minimum atomic E-state index is -1.03. The zero-order valence-electron chi connectivity index (χ0n) is 16.6. The summed E-state index contributed by atoms with van der Waals surface area (Å²) in [5.41, 5.74) is 0.152. The summed E-state index contributed by atoms with van der Waals surface area (Å²) in [5.74, 6) is -1.81. The number of thioether (sulfide) groups is 1. The SMILES string of the molecule is C[C@@H](O)[C@H]1C(=O)N2C(C(=O)O)=C(S[C@@H]3CC[C@H](NC4CCNCC4)C3)[C@H](C)[C@H]12. The largest absolute Gasteiger partial charge is 0.477 e. The Labute approximate surface area is 170 Å². The highest BCUT2D eigenvalue weighted by atomic mass is 32.2. The molecule has 0 spiro atoms. The molecule has 4 rings (SSSR count). The van der Waals surface area contributed by atoms with Gasteiger partial charge in [0.05, 0.1) is 18.1 Å². The van der Waals surface area contributed by atoms with Crippen LogP contribution < -0.4 is 10.6 Å². The molecule has 4 N–H and O–H groups in total. The monoisotopic (exact) mass is 409 g/mol. The van der Waals surface area contributed by atoms with E-state index in [1.165, 1.54) is 17.7 Å². The second kappa shape index (κ2) is 7.97. The molecule has 0 radical (unpaired) electrons. The number of aliphatic carboxylic acids is 1. The van der Waals surface area contributed by atoms with Crippen LogP contribution in [0.5, 0.6) is 0 Å². The van der Waals surface area contributed by atoms with E-state index in [0.717, 1.165) is 37.3 Å². The van der Waals surface area contributed by atoms with Crippen molar-refractivity contribution in [3.8, 4) is 0 Å². The zero-order valence-corrected chi connectivity index (χ0v) is 17.4. The number of carboxylic acid groups (broad SMARTS) is 1. The fourth-order valence-corrected chi connectivity index (χ4v) is 6.97. The summed E-state index contributed by atoms with van der Waals surface area (Å²) in [7, 11) is 0. The number of nitrogens with one attached hydrogen (secondary N) is 2. The lowest BCUT2D eigenvalue weighted by molar-refractivity contribution is -0.163. The Morgan fingerprint density at radius 2 is 1.96 bits per heavy atom. The maximum Gasteiger partial charge on any atom is 0.353 e. The number of hydrogen-bond acceptors (Lipinski definition) is 6. The summed E-state index contributed by atoms with van der Waals surface area (Å²) in [5, 5.41) is 27.3. The predicted octanol–water partition coefficient (Wildman–Crippen LogP) is 1.14. The molecule has 7 nitrogen and oxygen atoms in total. The van der Waals surface area contributed by atoms with Gasteiger partial charge in [0.15, 0.2) is 0 Å². The van der Waals surface area contributed by atoms with Gasteiger partial charge in [-0.25, -0.2) is 4.79 Å². The third kappa shape index (κ3) is 3.49. The number of piperidine rings is 1. The van der Waals surface area contributed by atoms with Gasteiger partial charge in [0.25, 0.3) is 0 Å². The standard InChI is InChI=1S/C20H31N3O4S/c1-10-16-15(11(2)24)19(25)23(16)17(20(26)27)18(10)28-14-4-3-13(9-14)22-12-5-7-21-8-6-12/h10-16,21-22,24H,3-9H2,1-2H3,(H,26,27)/t10-,11-,13+,14-,15-,16-/m1/s1. The van der Waals surface area contributed by atoms with Gasteiger partial charge in [-0.2, -0.15) is 0 Å². The summed E-state index contributed by atoms with van der Waals surface area (Å²) >= 11 is 1.66. The predicted molar refractivity (Wildman–Crippen MR) is 108 cm³/mol. The highest BCUT2D eigenvalue weighted by molar-refractivity contribution is 8.03. The molecular formula is C20H31N3O4S. The van der Waals surface area contributed by atoms with Crippen molar-refractivity contribution in [3.63, 3.8) is 0 Å². The number of carbonyl (C=O) groups is 2. The van der Waals surface area contributed by atoms with E-state index in [1.807, 2.05) is 6.92 Å². The summed E-state index contributed by atoms with van der Waals surface area (Å²) in [6.45, 7) is 5.76. The van der Waals surface area contributed by atoms with Crippen LogP contribution >= 0.6 is 11.8 Å². The van der Waals surface area contributed by atoms with E-state index in [-0.39, 0.29) is 23.6 Å². The lowest BCUT2D eigenvalue weighted by atomic mass is 9.79. The molecule has 1 aliphatic carbocycles. The number of rotatable bonds is 6. The Morgan fingerprint density at radius 1 is 1.25 bits per heavy atom. The van der Waals surface area contributed by atoms with Gasteiger partial charge in [0, 0.05) is 28.2 Å². The number of β-lactam (4-membered cyclic amide) rings is 1. The van der Waals surface area contributed by atoms with E-state index >= 15 is 0 Å². The second-order valence-corrected chi connectivity index (χ2v) is 10.1. The Hall–Kier alpha value is -1.09. The number of fused-ring (bicyclic) bond motifs is 1. The van der Waals surface area contributed by atoms with Gasteiger partial charge in [-0.15, -0.1) is 11.8 Å². The van der Waals surface area contributed by atoms with Gasteiger partial charge in [-0.1, -0.05) is 6.92 Å². The summed E-state index contributed by atoms with van der Waals surface area (Å²) < 4.78 is 0. The Kier molecular flexibility index (Phi) is 5.75. The molecule has 1 saturated carbocycles. The van der Waals surface area contributed by atoms with Gasteiger partial charge in [-0.05, 0) is 52.1 Å². The quantitative estimate of drug-likeness (QED) is 0.488. The van der Waals surface area contributed by atoms with Crippen LogP contribution in [0.1, 0.15) is 46.0 Å². The first-order valence-corrected chi connectivity index (χ1v) is 11.4. The molecule has 0 aromatic heterocycles. The normalized spacial score (nSPS) is 37.2. The van der Waals surface area contributed by atoms with E-state index in [1.54, 1.807) is 18.7 Å². The topological polar surface area (TPSA) is 102 Å². The van der Waals surface area contributed by atoms with E-state index in [0.29, 0.717) is 17.3 Å². The third-order valence-corrected chi connectivity index (χ3v) is 8.38. The van der Waals surface area contributed by atoms with Gasteiger partial charge < -0.3 is 25.7 Å². The van der Waals surface area contributed by atoms with Gasteiger partial charge >= 0.3 is 5.97 Å². The number of amides is 1. The van der Waals surface area contributed by atoms with Crippen molar-refractivity contribution in [2.45, 2.75) is 75.4 Å². The molecule has 1 amide bonds. The van der Waals surface area contributed by atoms with E-state index in [4.69, 9.17) is 0 Å². The van der Waals surface area contributed by atoms with Crippen LogP contribution in [-0.4, -0.2) is 69.6 Å². The molecule has 0 aromatic rings. The first-order chi connectivity index (χ1) is 13.4. The van der Waals surface area contributed by atoms with Crippen LogP contribution in [-0.2, 0) is 9.59 Å². The lowest BCUT2D eigenvalue weighted by Crippen LogP contribution is -2.63. The first kappa shape index (κ1) is 20.2. The number of carboxylic acids is 1. The number of carbonyl (C=O) groups excluding carboxylic acids is 1. The van der Waals surface area contributed by atoms with Crippen molar-refractivity contribution in [2.75, 3.05) is 13.1 Å². The van der Waals surface area contributed by atoms with Crippen molar-refractivity contribution in [1.82, 2.24) is 15.5 Å². The second-order valence-electron chi connectivity index (χ2n) is 8.71. The van der Waals surface area contributed by atoms with E-state index in [2.05, 4.69) is 10.6 Å². The van der Waals surface area contributed by atoms with Crippen molar-refractivity contribution >= 4 is 23.6 Å². The molecule has 2 saturated heterocycles. The van der Waals surface area contributed by atoms with Crippen molar-refractivity contribution in [3.05, 3.63) is 10.6 Å². The van der Waals surface area contributed by atoms with Gasteiger partial charge in [0.2, 0.25) is 5.91 Å². The highest BCUT2D eigenvalue weighted by Gasteiger charge is 2.60. The maximum atomic E-state index is 12.4. The maximum absolute atomic E-state index is 12.4. The zero-order chi connectivity index (χ0) is 20.0. The molecule has 0 aromatic carbocycles. The third-order valence-electron chi connectivity index (χ3n) is 6.80. The minimum absolute atomic E-state index is 0.0372. The molecule has 3 aliphatic heterocycles. The van der Waals surface area contributed by atoms with Crippen molar-refractivity contribution < 1.29 is 19.8 Å². The lowest BCUT2D eigenvalue weighted by Gasteiger charge is -2.46. The highest BCUT2D eigenvalue weighted by Crippen LogP contribution is 2.52. The summed E-state index contributed by atoms with van der Waals surface area (Å²) in [4.78, 5) is 26.6. The van der Waals surface area contributed by atoms with Gasteiger partial charge in [-0.3, -0.25) is 4.79 Å². The minimum Gasteiger partial charge on any atom is -0.477 e. The molecule has 0 bridgehead atoms. The van der Waals surface area contributed by atoms with Crippen LogP contribution in [0.2, 0.25) is 0 Å². The van der Waals surface area contributed by atoms with E-state index in [9.17, 15) is 19.8 Å². The summed E-state index contributed by atoms with van der Waals surface area (Å²) in [6.07, 6.45) is 4.80. The molecule has 0 unspecified atom stereocenters. The van der Waals surface area contributed by atoms with Crippen LogP contribution in [0.3, 0.4) is 0 Å². The summed E-state index contributed by atoms with van der Waals surface area (Å²) in [6, 6.07) is 0.863. The molecule has 3 fully saturated rings. The van der Waals surface area contributed by atoms with Gasteiger partial charge in [0.1, 0.15) is 5.70 Å². The number of nitrogens with zero attached hydrogens (tertiary/aromatic N) is 1.